The third-order valence-electron chi connectivity index (χ3n) is 5.29. The van der Waals surface area contributed by atoms with E-state index in [2.05, 4.69) is 30.0 Å². The summed E-state index contributed by atoms with van der Waals surface area (Å²) >= 11 is 6.05. The number of hydrogen-bond acceptors (Lipinski definition) is 6. The number of sulfonamides is 1. The van der Waals surface area contributed by atoms with Gasteiger partial charge >= 0.3 is 0 Å². The smallest absolute Gasteiger partial charge is 0.208 e. The molecule has 8 nitrogen and oxygen atoms in total. The first kappa shape index (κ1) is 21.0. The van der Waals surface area contributed by atoms with Crippen molar-refractivity contribution in [2.24, 2.45) is 5.92 Å². The highest BCUT2D eigenvalue weighted by atomic mass is 35.5. The van der Waals surface area contributed by atoms with E-state index in [4.69, 9.17) is 11.6 Å². The van der Waals surface area contributed by atoms with E-state index in [-0.39, 0.29) is 17.8 Å². The van der Waals surface area contributed by atoms with Crippen LogP contribution in [0.1, 0.15) is 25.7 Å². The average molecular weight is 453 g/mol. The number of halogens is 2. The van der Waals surface area contributed by atoms with Gasteiger partial charge in [-0.15, -0.1) is 0 Å². The Hall–Kier alpha value is -2.30. The van der Waals surface area contributed by atoms with Gasteiger partial charge < -0.3 is 10.3 Å². The number of pyridine rings is 1. The molecule has 3 aromatic heterocycles. The van der Waals surface area contributed by atoms with Crippen molar-refractivity contribution in [1.29, 1.82) is 0 Å². The summed E-state index contributed by atoms with van der Waals surface area (Å²) < 4.78 is 40.4. The first-order chi connectivity index (χ1) is 14.3. The standard InChI is InChI=1S/C19H22ClFN6O2S/c1-30(28,29)27-16-5-3-2-4-11(16)7-22-19-15(21)10-25-18(26-19)14-9-24-17-13(14)6-12(20)8-23-17/h6,8-11,16,27H,2-5,7H2,1H3,(H,23,24)(H,22,25,26)/t11-,16+/m1/s1. The number of fused-ring (bicyclic) bond motifs is 1. The van der Waals surface area contributed by atoms with Gasteiger partial charge in [0.25, 0.3) is 0 Å². The lowest BCUT2D eigenvalue weighted by Crippen LogP contribution is -2.44. The Bertz CT molecular complexity index is 1170. The predicted octanol–water partition coefficient (Wildman–Crippen LogP) is 3.33. The number of H-pyrrole nitrogens is 1. The Balaban J connectivity index is 1.55. The van der Waals surface area contributed by atoms with Crippen LogP contribution in [0.4, 0.5) is 10.2 Å². The number of aromatic nitrogens is 4. The maximum atomic E-state index is 14.4. The van der Waals surface area contributed by atoms with Gasteiger partial charge in [-0.25, -0.2) is 32.5 Å². The van der Waals surface area contributed by atoms with Crippen molar-refractivity contribution in [2.45, 2.75) is 31.7 Å². The second kappa shape index (κ2) is 8.44. The van der Waals surface area contributed by atoms with Crippen LogP contribution in [-0.4, -0.2) is 47.2 Å². The molecule has 0 radical (unpaired) electrons. The van der Waals surface area contributed by atoms with E-state index in [0.29, 0.717) is 28.6 Å². The topological polar surface area (TPSA) is 113 Å². The van der Waals surface area contributed by atoms with Gasteiger partial charge in [-0.3, -0.25) is 0 Å². The largest absolute Gasteiger partial charge is 0.367 e. The highest BCUT2D eigenvalue weighted by molar-refractivity contribution is 7.88. The van der Waals surface area contributed by atoms with Crippen molar-refractivity contribution in [3.05, 3.63) is 35.5 Å². The zero-order valence-electron chi connectivity index (χ0n) is 16.3. The minimum absolute atomic E-state index is 0.0439. The van der Waals surface area contributed by atoms with Gasteiger partial charge in [-0.05, 0) is 24.8 Å². The first-order valence-electron chi connectivity index (χ1n) is 9.67. The summed E-state index contributed by atoms with van der Waals surface area (Å²) in [6.07, 6.45) is 9.11. The molecule has 4 rings (SSSR count). The lowest BCUT2D eigenvalue weighted by molar-refractivity contribution is 0.301. The molecule has 0 saturated heterocycles. The molecule has 1 aliphatic rings. The maximum Gasteiger partial charge on any atom is 0.208 e. The SMILES string of the molecule is CS(=O)(=O)N[C@H]1CCCC[C@@H]1CNc1nc(-c2c[nH]c3ncc(Cl)cc23)ncc1F. The summed E-state index contributed by atoms with van der Waals surface area (Å²) in [4.78, 5) is 15.7. The fourth-order valence-electron chi connectivity index (χ4n) is 3.89. The van der Waals surface area contributed by atoms with Crippen LogP contribution >= 0.6 is 11.6 Å². The van der Waals surface area contributed by atoms with Crippen molar-refractivity contribution in [2.75, 3.05) is 18.1 Å². The number of aromatic amines is 1. The Morgan fingerprint density at radius 3 is 2.87 bits per heavy atom. The molecule has 11 heteroatoms. The monoisotopic (exact) mass is 452 g/mol. The summed E-state index contributed by atoms with van der Waals surface area (Å²) in [5.41, 5.74) is 1.30. The molecule has 3 N–H and O–H groups in total. The molecular weight excluding hydrogens is 431 g/mol. The van der Waals surface area contributed by atoms with Crippen molar-refractivity contribution in [1.82, 2.24) is 24.7 Å². The zero-order valence-corrected chi connectivity index (χ0v) is 17.9. The van der Waals surface area contributed by atoms with E-state index in [1.165, 1.54) is 6.20 Å². The Kier molecular flexibility index (Phi) is 5.90. The third-order valence-corrected chi connectivity index (χ3v) is 6.23. The molecule has 2 atom stereocenters. The van der Waals surface area contributed by atoms with Gasteiger partial charge in [0.05, 0.1) is 17.5 Å². The fraction of sp³-hybridized carbons (Fsp3) is 0.421. The number of hydrogen-bond donors (Lipinski definition) is 3. The van der Waals surface area contributed by atoms with Gasteiger partial charge in [-0.2, -0.15) is 0 Å². The molecule has 160 valence electrons. The summed E-state index contributed by atoms with van der Waals surface area (Å²) in [7, 11) is -3.31. The van der Waals surface area contributed by atoms with Gasteiger partial charge in [-0.1, -0.05) is 24.4 Å². The molecule has 3 heterocycles. The van der Waals surface area contributed by atoms with Crippen molar-refractivity contribution < 1.29 is 12.8 Å². The van der Waals surface area contributed by atoms with Crippen molar-refractivity contribution in [3.63, 3.8) is 0 Å². The second-order valence-corrected chi connectivity index (χ2v) is 9.78. The lowest BCUT2D eigenvalue weighted by Gasteiger charge is -2.31. The number of anilines is 1. The molecule has 1 aliphatic carbocycles. The van der Waals surface area contributed by atoms with Crippen LogP contribution in [0.3, 0.4) is 0 Å². The van der Waals surface area contributed by atoms with Crippen LogP contribution in [0, 0.1) is 11.7 Å². The van der Waals surface area contributed by atoms with Gasteiger partial charge in [0.1, 0.15) is 5.65 Å². The average Bonchev–Trinajstić information content (AvgIpc) is 3.10. The van der Waals surface area contributed by atoms with Gasteiger partial charge in [0.2, 0.25) is 10.0 Å². The normalized spacial score (nSPS) is 19.8. The minimum atomic E-state index is -3.31. The quantitative estimate of drug-likeness (QED) is 0.528. The maximum absolute atomic E-state index is 14.4. The highest BCUT2D eigenvalue weighted by Crippen LogP contribution is 2.29. The van der Waals surface area contributed by atoms with E-state index < -0.39 is 15.8 Å². The Morgan fingerprint density at radius 1 is 1.27 bits per heavy atom. The number of nitrogens with zero attached hydrogens (tertiary/aromatic N) is 3. The lowest BCUT2D eigenvalue weighted by atomic mass is 9.85. The Morgan fingerprint density at radius 2 is 2.07 bits per heavy atom. The minimum Gasteiger partial charge on any atom is -0.367 e. The van der Waals surface area contributed by atoms with Crippen LogP contribution in [0.25, 0.3) is 22.4 Å². The van der Waals surface area contributed by atoms with E-state index in [9.17, 15) is 12.8 Å². The predicted molar refractivity (Wildman–Crippen MR) is 114 cm³/mol. The molecule has 1 fully saturated rings. The molecule has 0 spiro atoms. The molecule has 0 unspecified atom stereocenters. The van der Waals surface area contributed by atoms with E-state index in [1.807, 2.05) is 0 Å². The highest BCUT2D eigenvalue weighted by Gasteiger charge is 2.27. The van der Waals surface area contributed by atoms with Gasteiger partial charge in [0.15, 0.2) is 17.5 Å². The van der Waals surface area contributed by atoms with E-state index in [0.717, 1.165) is 43.5 Å². The zero-order chi connectivity index (χ0) is 21.3. The molecule has 3 aromatic rings. The molecule has 0 aliphatic heterocycles. The number of nitrogens with one attached hydrogen (secondary N) is 3. The number of rotatable bonds is 6. The first-order valence-corrected chi connectivity index (χ1v) is 11.9. The van der Waals surface area contributed by atoms with Crippen LogP contribution in [0.2, 0.25) is 5.02 Å². The van der Waals surface area contributed by atoms with Crippen LogP contribution in [0.15, 0.2) is 24.7 Å². The fourth-order valence-corrected chi connectivity index (χ4v) is 4.91. The summed E-state index contributed by atoms with van der Waals surface area (Å²) in [5, 5.41) is 4.27. The summed E-state index contributed by atoms with van der Waals surface area (Å²) in [6, 6.07) is 1.58. The van der Waals surface area contributed by atoms with E-state index in [1.54, 1.807) is 12.3 Å². The van der Waals surface area contributed by atoms with Crippen LogP contribution < -0.4 is 10.0 Å². The summed E-state index contributed by atoms with van der Waals surface area (Å²) in [6.45, 7) is 0.405. The Labute approximate surface area is 178 Å². The molecule has 0 bridgehead atoms. The molecule has 30 heavy (non-hydrogen) atoms. The van der Waals surface area contributed by atoms with Crippen molar-refractivity contribution in [3.8, 4) is 11.4 Å². The summed E-state index contributed by atoms with van der Waals surface area (Å²) in [5.74, 6) is -0.114. The van der Waals surface area contributed by atoms with Crippen LogP contribution in [-0.2, 0) is 10.0 Å². The molecule has 1 saturated carbocycles. The second-order valence-electron chi connectivity index (χ2n) is 7.56. The van der Waals surface area contributed by atoms with Crippen molar-refractivity contribution >= 4 is 38.5 Å². The molecular formula is C19H22ClFN6O2S. The molecule has 0 aromatic carbocycles. The van der Waals surface area contributed by atoms with Gasteiger partial charge in [0, 0.05) is 35.9 Å². The van der Waals surface area contributed by atoms with Crippen LogP contribution in [0.5, 0.6) is 0 Å². The third kappa shape index (κ3) is 4.71. The molecule has 0 amide bonds. The van der Waals surface area contributed by atoms with E-state index >= 15 is 0 Å².